The smallest absolute Gasteiger partial charge is 0.330 e. The first-order valence-electron chi connectivity index (χ1n) is 11.3. The first kappa shape index (κ1) is 21.8. The summed E-state index contributed by atoms with van der Waals surface area (Å²) in [5, 5.41) is 1.08. The van der Waals surface area contributed by atoms with Gasteiger partial charge in [-0.25, -0.2) is 4.79 Å². The zero-order valence-electron chi connectivity index (χ0n) is 19.6. The highest BCUT2D eigenvalue weighted by molar-refractivity contribution is 5.84. The molecular weight excluding hydrogens is 422 g/mol. The first-order valence-corrected chi connectivity index (χ1v) is 11.3. The molecule has 0 radical (unpaired) electrons. The van der Waals surface area contributed by atoms with Crippen molar-refractivity contribution in [3.63, 3.8) is 0 Å². The van der Waals surface area contributed by atoms with E-state index in [-0.39, 0.29) is 11.1 Å². The molecule has 0 unspecified atom stereocenters. The highest BCUT2D eigenvalue weighted by Crippen LogP contribution is 2.28. The lowest BCUT2D eigenvalue weighted by molar-refractivity contribution is 0.539. The Morgan fingerprint density at radius 3 is 2.47 bits per heavy atom. The third-order valence-electron chi connectivity index (χ3n) is 6.41. The van der Waals surface area contributed by atoms with Gasteiger partial charge in [0.15, 0.2) is 0 Å². The lowest BCUT2D eigenvalue weighted by Gasteiger charge is -2.23. The normalized spacial score (nSPS) is 11.8. The van der Waals surface area contributed by atoms with Gasteiger partial charge < -0.3 is 10.3 Å². The summed E-state index contributed by atoms with van der Waals surface area (Å²) in [5.41, 5.74) is 12.0. The van der Waals surface area contributed by atoms with Crippen LogP contribution in [-0.4, -0.2) is 25.6 Å². The number of aryl methyl sites for hydroxylation is 1. The van der Waals surface area contributed by atoms with E-state index in [1.807, 2.05) is 67.0 Å². The second kappa shape index (κ2) is 8.39. The maximum atomic E-state index is 13.1. The van der Waals surface area contributed by atoms with Crippen LogP contribution in [0.4, 0.5) is 0 Å². The molecule has 6 heteroatoms. The molecule has 2 N–H and O–H groups in total. The summed E-state index contributed by atoms with van der Waals surface area (Å²) in [6.07, 6.45) is 5.47. The summed E-state index contributed by atoms with van der Waals surface area (Å²) in [7, 11) is 1.76. The average molecular weight is 450 g/mol. The van der Waals surface area contributed by atoms with Crippen molar-refractivity contribution in [1.29, 1.82) is 0 Å². The molecule has 0 amide bonds. The molecule has 34 heavy (non-hydrogen) atoms. The van der Waals surface area contributed by atoms with Gasteiger partial charge in [0.1, 0.15) is 0 Å². The maximum Gasteiger partial charge on any atom is 0.333 e. The Balaban J connectivity index is 1.59. The Hall–Kier alpha value is -4.03. The fraction of sp³-hybridized carbons (Fsp3) is 0.179. The molecule has 0 aliphatic carbocycles. The van der Waals surface area contributed by atoms with Crippen LogP contribution in [-0.2, 0) is 12.5 Å². The number of hydrogen-bond acceptors (Lipinski definition) is 4. The predicted octanol–water partition coefficient (Wildman–Crippen LogP) is 4.69. The van der Waals surface area contributed by atoms with E-state index in [9.17, 15) is 4.79 Å². The molecule has 0 aliphatic heterocycles. The fourth-order valence-electron chi connectivity index (χ4n) is 4.15. The summed E-state index contributed by atoms with van der Waals surface area (Å²) < 4.78 is 3.28. The number of para-hydroxylation sites is 1. The summed E-state index contributed by atoms with van der Waals surface area (Å²) in [6, 6.07) is 22.1. The minimum Gasteiger partial charge on any atom is -0.330 e. The Bertz CT molecular complexity index is 1540. The van der Waals surface area contributed by atoms with Gasteiger partial charge in [0.05, 0.1) is 22.6 Å². The van der Waals surface area contributed by atoms with Crippen molar-refractivity contribution in [2.75, 3.05) is 6.54 Å². The van der Waals surface area contributed by atoms with Gasteiger partial charge in [0.25, 0.3) is 0 Å². The van der Waals surface area contributed by atoms with E-state index in [1.54, 1.807) is 22.4 Å². The van der Waals surface area contributed by atoms with Crippen molar-refractivity contribution in [3.05, 3.63) is 101 Å². The monoisotopic (exact) mass is 449 g/mol. The molecule has 0 saturated heterocycles. The van der Waals surface area contributed by atoms with Crippen LogP contribution < -0.4 is 11.4 Å². The first-order chi connectivity index (χ1) is 16.4. The molecule has 5 aromatic rings. The van der Waals surface area contributed by atoms with Crippen molar-refractivity contribution in [3.8, 4) is 28.2 Å². The molecule has 2 aromatic carbocycles. The minimum absolute atomic E-state index is 0.125. The molecule has 6 nitrogen and oxygen atoms in total. The van der Waals surface area contributed by atoms with Gasteiger partial charge >= 0.3 is 5.69 Å². The van der Waals surface area contributed by atoms with Gasteiger partial charge in [-0.2, -0.15) is 0 Å². The molecule has 5 rings (SSSR count). The molecule has 0 atom stereocenters. The molecular formula is C28H27N5O. The molecule has 0 bridgehead atoms. The Morgan fingerprint density at radius 1 is 0.941 bits per heavy atom. The predicted molar refractivity (Wildman–Crippen MR) is 137 cm³/mol. The van der Waals surface area contributed by atoms with Crippen molar-refractivity contribution < 1.29 is 0 Å². The van der Waals surface area contributed by atoms with Crippen molar-refractivity contribution in [2.24, 2.45) is 12.8 Å². The number of rotatable bonds is 5. The topological polar surface area (TPSA) is 78.7 Å². The SMILES string of the molecule is Cn1cc(-c2cc(-c3cnc4ccccc4c3)ccn2)n(-c2ccc(C(C)(C)CN)cc2)c1=O. The molecule has 3 aromatic heterocycles. The van der Waals surface area contributed by atoms with Crippen LogP contribution in [0.2, 0.25) is 0 Å². The summed E-state index contributed by atoms with van der Waals surface area (Å²) in [6.45, 7) is 4.77. The van der Waals surface area contributed by atoms with E-state index in [0.29, 0.717) is 6.54 Å². The number of benzene rings is 2. The molecule has 0 spiro atoms. The number of fused-ring (bicyclic) bond motifs is 1. The average Bonchev–Trinajstić information content (AvgIpc) is 3.18. The van der Waals surface area contributed by atoms with Crippen LogP contribution in [0.3, 0.4) is 0 Å². The number of nitrogens with two attached hydrogens (primary N) is 1. The Morgan fingerprint density at radius 2 is 1.71 bits per heavy atom. The largest absolute Gasteiger partial charge is 0.333 e. The van der Waals surface area contributed by atoms with Crippen LogP contribution in [0.5, 0.6) is 0 Å². The van der Waals surface area contributed by atoms with Crippen LogP contribution in [0.15, 0.2) is 90.1 Å². The van der Waals surface area contributed by atoms with E-state index in [0.717, 1.165) is 44.7 Å². The molecule has 3 heterocycles. The Labute approximate surface area is 198 Å². The van der Waals surface area contributed by atoms with E-state index in [1.165, 1.54) is 0 Å². The van der Waals surface area contributed by atoms with Crippen LogP contribution in [0.25, 0.3) is 39.1 Å². The second-order valence-electron chi connectivity index (χ2n) is 9.22. The van der Waals surface area contributed by atoms with Crippen molar-refractivity contribution >= 4 is 10.9 Å². The summed E-state index contributed by atoms with van der Waals surface area (Å²) in [5.74, 6) is 0. The van der Waals surface area contributed by atoms with Gasteiger partial charge in [0, 0.05) is 48.5 Å². The maximum absolute atomic E-state index is 13.1. The number of pyridine rings is 2. The zero-order valence-corrected chi connectivity index (χ0v) is 19.6. The second-order valence-corrected chi connectivity index (χ2v) is 9.22. The lowest BCUT2D eigenvalue weighted by Crippen LogP contribution is -2.28. The van der Waals surface area contributed by atoms with Crippen molar-refractivity contribution in [1.82, 2.24) is 19.1 Å². The highest BCUT2D eigenvalue weighted by Gasteiger charge is 2.20. The standard InChI is InChI=1S/C28H27N5O/c1-28(2,18-29)22-8-10-23(11-9-22)33-26(17-32(3)27(33)34)25-15-19(12-13-30-25)21-14-20-6-4-5-7-24(20)31-16-21/h4-17H,18,29H2,1-3H3. The quantitative estimate of drug-likeness (QED) is 0.422. The number of hydrogen-bond donors (Lipinski definition) is 1. The highest BCUT2D eigenvalue weighted by atomic mass is 16.1. The summed E-state index contributed by atoms with van der Waals surface area (Å²) in [4.78, 5) is 22.3. The molecule has 0 aliphatic rings. The van der Waals surface area contributed by atoms with Gasteiger partial charge in [-0.1, -0.05) is 44.2 Å². The van der Waals surface area contributed by atoms with Crippen LogP contribution in [0, 0.1) is 0 Å². The minimum atomic E-state index is -0.132. The zero-order chi connectivity index (χ0) is 23.9. The molecule has 0 saturated carbocycles. The van der Waals surface area contributed by atoms with Gasteiger partial charge in [-0.3, -0.25) is 14.5 Å². The van der Waals surface area contributed by atoms with Gasteiger partial charge in [-0.05, 0) is 47.5 Å². The van der Waals surface area contributed by atoms with E-state index >= 15 is 0 Å². The molecule has 170 valence electrons. The lowest BCUT2D eigenvalue weighted by atomic mass is 9.85. The number of aromatic nitrogens is 4. The summed E-state index contributed by atoms with van der Waals surface area (Å²) >= 11 is 0. The number of nitrogens with zero attached hydrogens (tertiary/aromatic N) is 4. The van der Waals surface area contributed by atoms with Gasteiger partial charge in [-0.15, -0.1) is 0 Å². The van der Waals surface area contributed by atoms with Crippen molar-refractivity contribution in [2.45, 2.75) is 19.3 Å². The van der Waals surface area contributed by atoms with E-state index < -0.39 is 0 Å². The Kier molecular flexibility index (Phi) is 5.38. The fourth-order valence-corrected chi connectivity index (χ4v) is 4.15. The third-order valence-corrected chi connectivity index (χ3v) is 6.41. The molecule has 0 fully saturated rings. The third kappa shape index (κ3) is 3.82. The van der Waals surface area contributed by atoms with Crippen LogP contribution in [0.1, 0.15) is 19.4 Å². The van der Waals surface area contributed by atoms with Gasteiger partial charge in [0.2, 0.25) is 0 Å². The van der Waals surface area contributed by atoms with E-state index in [2.05, 4.69) is 35.9 Å². The number of imidazole rings is 1. The van der Waals surface area contributed by atoms with E-state index in [4.69, 9.17) is 5.73 Å². The van der Waals surface area contributed by atoms with Crippen LogP contribution >= 0.6 is 0 Å².